The molecular weight excluding hydrogens is 438 g/mol. The molecular formula is C26H30ClN3OS. The lowest BCUT2D eigenvalue weighted by Gasteiger charge is -2.47. The monoisotopic (exact) mass is 467 g/mol. The Morgan fingerprint density at radius 3 is 2.69 bits per heavy atom. The van der Waals surface area contributed by atoms with Crippen molar-refractivity contribution in [1.82, 2.24) is 5.32 Å². The Balaban J connectivity index is 1.65. The van der Waals surface area contributed by atoms with Gasteiger partial charge >= 0.3 is 0 Å². The summed E-state index contributed by atoms with van der Waals surface area (Å²) in [6.45, 7) is 12.1. The number of carbonyl (C=O) groups is 1. The summed E-state index contributed by atoms with van der Waals surface area (Å²) < 4.78 is 0. The minimum atomic E-state index is -0.142. The van der Waals surface area contributed by atoms with Crippen LogP contribution in [0.25, 0.3) is 6.08 Å². The number of anilines is 1. The van der Waals surface area contributed by atoms with Crippen LogP contribution in [0.1, 0.15) is 63.1 Å². The lowest BCUT2D eigenvalue weighted by atomic mass is 9.79. The van der Waals surface area contributed by atoms with Crippen LogP contribution in [0.5, 0.6) is 0 Å². The molecule has 0 spiro atoms. The Bertz CT molecular complexity index is 1100. The van der Waals surface area contributed by atoms with Gasteiger partial charge in [0.05, 0.1) is 10.6 Å². The topological polar surface area (TPSA) is 44.7 Å². The van der Waals surface area contributed by atoms with Crippen LogP contribution in [0.2, 0.25) is 5.02 Å². The Kier molecular flexibility index (Phi) is 6.42. The fourth-order valence-electron chi connectivity index (χ4n) is 4.64. The summed E-state index contributed by atoms with van der Waals surface area (Å²) >= 11 is 8.08. The lowest BCUT2D eigenvalue weighted by Crippen LogP contribution is -2.48. The first-order valence-electron chi connectivity index (χ1n) is 11.2. The number of aliphatic imine (C=N–C) groups is 1. The number of amidine groups is 1. The zero-order valence-electron chi connectivity index (χ0n) is 19.3. The molecule has 0 bridgehead atoms. The SMILES string of the molecule is CCCN1c2cc(Cl)c(/C=C3/SC(=Nc4ccc(C)cc4)NC3=O)cc2C(C)CC1(C)C. The Labute approximate surface area is 200 Å². The molecule has 4 nitrogen and oxygen atoms in total. The normalized spacial score (nSPS) is 22.4. The number of aryl methyl sites for hydroxylation is 1. The quantitative estimate of drug-likeness (QED) is 0.490. The lowest BCUT2D eigenvalue weighted by molar-refractivity contribution is -0.115. The van der Waals surface area contributed by atoms with E-state index in [0.29, 0.717) is 21.0 Å². The fraction of sp³-hybridized carbons (Fsp3) is 0.385. The third kappa shape index (κ3) is 4.60. The van der Waals surface area contributed by atoms with Crippen LogP contribution in [-0.2, 0) is 4.79 Å². The fourth-order valence-corrected chi connectivity index (χ4v) is 5.68. The highest BCUT2D eigenvalue weighted by molar-refractivity contribution is 8.18. The van der Waals surface area contributed by atoms with Gasteiger partial charge in [-0.15, -0.1) is 0 Å². The molecule has 0 aromatic heterocycles. The van der Waals surface area contributed by atoms with Gasteiger partial charge in [0.15, 0.2) is 5.17 Å². The van der Waals surface area contributed by atoms with Gasteiger partial charge in [-0.05, 0) is 92.8 Å². The summed E-state index contributed by atoms with van der Waals surface area (Å²) in [6, 6.07) is 12.2. The number of fused-ring (bicyclic) bond motifs is 1. The predicted octanol–water partition coefficient (Wildman–Crippen LogP) is 7.04. The minimum absolute atomic E-state index is 0.0915. The molecule has 1 fully saturated rings. The van der Waals surface area contributed by atoms with Crippen molar-refractivity contribution in [3.8, 4) is 0 Å². The van der Waals surface area contributed by atoms with E-state index in [2.05, 4.69) is 55.0 Å². The maximum absolute atomic E-state index is 12.6. The van der Waals surface area contributed by atoms with Crippen molar-refractivity contribution in [3.05, 3.63) is 63.0 Å². The van der Waals surface area contributed by atoms with Gasteiger partial charge in [0.25, 0.3) is 5.91 Å². The third-order valence-electron chi connectivity index (χ3n) is 6.15. The van der Waals surface area contributed by atoms with E-state index in [9.17, 15) is 4.79 Å². The third-order valence-corrected chi connectivity index (χ3v) is 7.39. The van der Waals surface area contributed by atoms with Gasteiger partial charge in [-0.25, -0.2) is 4.99 Å². The van der Waals surface area contributed by atoms with E-state index < -0.39 is 0 Å². The highest BCUT2D eigenvalue weighted by Gasteiger charge is 2.36. The number of benzene rings is 2. The molecule has 1 N–H and O–H groups in total. The van der Waals surface area contributed by atoms with Gasteiger partial charge in [-0.3, -0.25) is 4.79 Å². The molecule has 2 aromatic rings. The van der Waals surface area contributed by atoms with Gasteiger partial charge in [0, 0.05) is 22.8 Å². The standard InChI is InChI=1S/C26H30ClN3OS/c1-6-11-30-22-14-21(27)18(12-20(22)17(3)15-26(30,4)5)13-23-24(31)29-25(32-23)28-19-9-7-16(2)8-10-19/h7-10,12-14,17H,6,11,15H2,1-5H3,(H,28,29,31)/b23-13+. The predicted molar refractivity (Wildman–Crippen MR) is 138 cm³/mol. The summed E-state index contributed by atoms with van der Waals surface area (Å²) in [7, 11) is 0. The minimum Gasteiger partial charge on any atom is -0.366 e. The van der Waals surface area contributed by atoms with E-state index in [1.807, 2.05) is 37.3 Å². The molecule has 1 unspecified atom stereocenters. The van der Waals surface area contributed by atoms with Gasteiger partial charge in [-0.1, -0.05) is 43.1 Å². The molecule has 2 aliphatic heterocycles. The van der Waals surface area contributed by atoms with Crippen LogP contribution < -0.4 is 10.2 Å². The van der Waals surface area contributed by atoms with Crippen LogP contribution in [-0.4, -0.2) is 23.2 Å². The molecule has 4 rings (SSSR count). The molecule has 0 saturated carbocycles. The van der Waals surface area contributed by atoms with Crippen molar-refractivity contribution in [2.75, 3.05) is 11.4 Å². The second-order valence-electron chi connectivity index (χ2n) is 9.32. The molecule has 6 heteroatoms. The summed E-state index contributed by atoms with van der Waals surface area (Å²) in [5, 5.41) is 4.12. The number of thioether (sulfide) groups is 1. The molecule has 168 valence electrons. The molecule has 2 aromatic carbocycles. The van der Waals surface area contributed by atoms with Crippen LogP contribution in [0.3, 0.4) is 0 Å². The number of nitrogens with one attached hydrogen (secondary N) is 1. The summed E-state index contributed by atoms with van der Waals surface area (Å²) in [4.78, 5) is 20.2. The molecule has 32 heavy (non-hydrogen) atoms. The van der Waals surface area contributed by atoms with E-state index in [1.165, 1.54) is 28.6 Å². The number of rotatable bonds is 4. The second-order valence-corrected chi connectivity index (χ2v) is 10.8. The van der Waals surface area contributed by atoms with Crippen LogP contribution in [0.4, 0.5) is 11.4 Å². The summed E-state index contributed by atoms with van der Waals surface area (Å²) in [5.41, 5.74) is 5.48. The zero-order chi connectivity index (χ0) is 23.0. The largest absolute Gasteiger partial charge is 0.366 e. The molecule has 0 aliphatic carbocycles. The van der Waals surface area contributed by atoms with Crippen LogP contribution >= 0.6 is 23.4 Å². The molecule has 1 atom stereocenters. The Morgan fingerprint density at radius 2 is 2.00 bits per heavy atom. The van der Waals surface area contributed by atoms with Crippen LogP contribution in [0.15, 0.2) is 46.3 Å². The Morgan fingerprint density at radius 1 is 1.28 bits per heavy atom. The van der Waals surface area contributed by atoms with Crippen molar-refractivity contribution in [3.63, 3.8) is 0 Å². The van der Waals surface area contributed by atoms with E-state index in [-0.39, 0.29) is 11.4 Å². The van der Waals surface area contributed by atoms with Crippen LogP contribution in [0, 0.1) is 6.92 Å². The highest BCUT2D eigenvalue weighted by Crippen LogP contribution is 2.45. The number of halogens is 1. The average Bonchev–Trinajstić information content (AvgIpc) is 3.06. The van der Waals surface area contributed by atoms with Crippen molar-refractivity contribution >= 4 is 51.9 Å². The molecule has 2 aliphatic rings. The first-order chi connectivity index (χ1) is 15.2. The van der Waals surface area contributed by atoms with Crippen molar-refractivity contribution in [2.24, 2.45) is 4.99 Å². The van der Waals surface area contributed by atoms with Crippen molar-refractivity contribution < 1.29 is 4.79 Å². The number of hydrogen-bond acceptors (Lipinski definition) is 4. The molecule has 2 heterocycles. The first kappa shape index (κ1) is 22.9. The summed E-state index contributed by atoms with van der Waals surface area (Å²) in [5.74, 6) is 0.280. The van der Waals surface area contributed by atoms with Crippen molar-refractivity contribution in [1.29, 1.82) is 0 Å². The van der Waals surface area contributed by atoms with E-state index >= 15 is 0 Å². The van der Waals surface area contributed by atoms with Gasteiger partial charge < -0.3 is 10.2 Å². The Hall–Kier alpha value is -2.24. The summed E-state index contributed by atoms with van der Waals surface area (Å²) in [6.07, 6.45) is 4.05. The van der Waals surface area contributed by atoms with E-state index in [4.69, 9.17) is 11.6 Å². The van der Waals surface area contributed by atoms with Gasteiger partial charge in [0.2, 0.25) is 0 Å². The maximum atomic E-state index is 12.6. The van der Waals surface area contributed by atoms with E-state index in [1.54, 1.807) is 0 Å². The smallest absolute Gasteiger partial charge is 0.264 e. The number of hydrogen-bond donors (Lipinski definition) is 1. The number of carbonyl (C=O) groups excluding carboxylic acids is 1. The van der Waals surface area contributed by atoms with Gasteiger partial charge in [0.1, 0.15) is 0 Å². The number of nitrogens with zero attached hydrogens (tertiary/aromatic N) is 2. The zero-order valence-corrected chi connectivity index (χ0v) is 20.9. The van der Waals surface area contributed by atoms with Crippen molar-refractivity contribution in [2.45, 2.75) is 58.9 Å². The first-order valence-corrected chi connectivity index (χ1v) is 12.3. The molecule has 0 radical (unpaired) electrons. The molecule has 1 amide bonds. The van der Waals surface area contributed by atoms with Gasteiger partial charge in [-0.2, -0.15) is 0 Å². The maximum Gasteiger partial charge on any atom is 0.264 e. The van der Waals surface area contributed by atoms with E-state index in [0.717, 1.165) is 30.6 Å². The highest BCUT2D eigenvalue weighted by atomic mass is 35.5. The molecule has 1 saturated heterocycles. The number of amides is 1. The second kappa shape index (κ2) is 8.95. The average molecular weight is 468 g/mol.